The van der Waals surface area contributed by atoms with Crippen molar-refractivity contribution in [3.63, 3.8) is 0 Å². The van der Waals surface area contributed by atoms with Crippen LogP contribution < -0.4 is 10.6 Å². The number of aliphatic imine (C=N–C) groups is 1. The van der Waals surface area contributed by atoms with E-state index in [0.717, 1.165) is 35.1 Å². The highest BCUT2D eigenvalue weighted by molar-refractivity contribution is 14.0. The van der Waals surface area contributed by atoms with Crippen LogP contribution in [0.4, 0.5) is 4.39 Å². The molecule has 0 aliphatic carbocycles. The van der Waals surface area contributed by atoms with Gasteiger partial charge < -0.3 is 10.6 Å². The van der Waals surface area contributed by atoms with Crippen molar-refractivity contribution in [2.45, 2.75) is 17.1 Å². The Morgan fingerprint density at radius 2 is 1.75 bits per heavy atom. The van der Waals surface area contributed by atoms with Crippen LogP contribution in [-0.4, -0.2) is 41.8 Å². The third-order valence-corrected chi connectivity index (χ3v) is 6.13. The zero-order chi connectivity index (χ0) is 19.3. The van der Waals surface area contributed by atoms with Crippen LogP contribution in [0.1, 0.15) is 12.0 Å². The molecule has 0 radical (unpaired) electrons. The van der Waals surface area contributed by atoms with E-state index >= 15 is 0 Å². The predicted octanol–water partition coefficient (Wildman–Crippen LogP) is 4.04. The Bertz CT molecular complexity index is 730. The molecule has 0 amide bonds. The van der Waals surface area contributed by atoms with Gasteiger partial charge in [0.1, 0.15) is 5.82 Å². The number of rotatable bonds is 10. The minimum atomic E-state index is -0.896. The van der Waals surface area contributed by atoms with Crippen LogP contribution in [0.5, 0.6) is 0 Å². The van der Waals surface area contributed by atoms with Crippen molar-refractivity contribution < 1.29 is 8.60 Å². The molecule has 8 heteroatoms. The molecule has 0 aliphatic heterocycles. The summed E-state index contributed by atoms with van der Waals surface area (Å²) in [6, 6.07) is 16.4. The molecule has 1 unspecified atom stereocenters. The zero-order valence-electron chi connectivity index (χ0n) is 15.9. The third-order valence-electron chi connectivity index (χ3n) is 3.71. The van der Waals surface area contributed by atoms with Gasteiger partial charge in [-0.2, -0.15) is 0 Å². The maximum atomic E-state index is 12.9. The van der Waals surface area contributed by atoms with Crippen LogP contribution in [0.3, 0.4) is 0 Å². The second-order valence-electron chi connectivity index (χ2n) is 5.86. The Balaban J connectivity index is 0.00000392. The van der Waals surface area contributed by atoms with Gasteiger partial charge >= 0.3 is 0 Å². The lowest BCUT2D eigenvalue weighted by Crippen LogP contribution is -2.39. The van der Waals surface area contributed by atoms with E-state index < -0.39 is 10.8 Å². The fourth-order valence-corrected chi connectivity index (χ4v) is 4.23. The van der Waals surface area contributed by atoms with Crippen LogP contribution in [0.2, 0.25) is 0 Å². The van der Waals surface area contributed by atoms with Crippen LogP contribution in [0.25, 0.3) is 0 Å². The lowest BCUT2D eigenvalue weighted by atomic mass is 10.2. The van der Waals surface area contributed by atoms with Crippen molar-refractivity contribution in [2.24, 2.45) is 4.99 Å². The first-order valence-electron chi connectivity index (χ1n) is 8.89. The molecule has 0 spiro atoms. The van der Waals surface area contributed by atoms with Gasteiger partial charge in [-0.25, -0.2) is 4.39 Å². The summed E-state index contributed by atoms with van der Waals surface area (Å²) in [6.07, 6.45) is 0.961. The van der Waals surface area contributed by atoms with E-state index in [1.165, 1.54) is 12.1 Å². The summed E-state index contributed by atoms with van der Waals surface area (Å²) in [5.41, 5.74) is 1.09. The number of nitrogens with one attached hydrogen (secondary N) is 2. The summed E-state index contributed by atoms with van der Waals surface area (Å²) in [4.78, 5) is 5.25. The summed E-state index contributed by atoms with van der Waals surface area (Å²) >= 11 is 1.70. The van der Waals surface area contributed by atoms with Crippen LogP contribution in [0.15, 0.2) is 64.5 Å². The zero-order valence-corrected chi connectivity index (χ0v) is 19.9. The molecule has 0 bridgehead atoms. The fraction of sp³-hybridized carbons (Fsp3) is 0.350. The molecule has 28 heavy (non-hydrogen) atoms. The molecule has 0 saturated heterocycles. The fourth-order valence-electron chi connectivity index (χ4n) is 2.34. The molecular weight excluding hydrogens is 508 g/mol. The average Bonchev–Trinajstić information content (AvgIpc) is 2.68. The highest BCUT2D eigenvalue weighted by Gasteiger charge is 2.03. The number of benzene rings is 2. The summed E-state index contributed by atoms with van der Waals surface area (Å²) in [6.45, 7) is 1.41. The molecule has 1 atom stereocenters. The van der Waals surface area contributed by atoms with Gasteiger partial charge in [-0.15, -0.1) is 35.7 Å². The second-order valence-corrected chi connectivity index (χ2v) is 8.60. The van der Waals surface area contributed by atoms with Crippen LogP contribution in [-0.2, 0) is 16.6 Å². The van der Waals surface area contributed by atoms with E-state index in [9.17, 15) is 8.60 Å². The lowest BCUT2D eigenvalue weighted by Gasteiger charge is -2.11. The highest BCUT2D eigenvalue weighted by Crippen LogP contribution is 2.18. The smallest absolute Gasteiger partial charge is 0.191 e. The molecule has 0 heterocycles. The van der Waals surface area contributed by atoms with Gasteiger partial charge in [0, 0.05) is 47.3 Å². The SMILES string of the molecule is CN=C(NCCCSc1ccc(F)cc1)NCCS(=O)Cc1ccccc1.I. The van der Waals surface area contributed by atoms with Gasteiger partial charge in [0.05, 0.1) is 0 Å². The van der Waals surface area contributed by atoms with Crippen molar-refractivity contribution in [3.8, 4) is 0 Å². The summed E-state index contributed by atoms with van der Waals surface area (Å²) in [5, 5.41) is 6.45. The van der Waals surface area contributed by atoms with Crippen LogP contribution in [0, 0.1) is 5.82 Å². The predicted molar refractivity (Wildman–Crippen MR) is 130 cm³/mol. The number of nitrogens with zero attached hydrogens (tertiary/aromatic N) is 1. The Kier molecular flexibility index (Phi) is 13.2. The molecule has 154 valence electrons. The van der Waals surface area contributed by atoms with Gasteiger partial charge in [0.2, 0.25) is 0 Å². The van der Waals surface area contributed by atoms with E-state index in [-0.39, 0.29) is 29.8 Å². The molecule has 0 fully saturated rings. The molecule has 0 aromatic heterocycles. The lowest BCUT2D eigenvalue weighted by molar-refractivity contribution is 0.626. The van der Waals surface area contributed by atoms with Gasteiger partial charge in [-0.05, 0) is 42.0 Å². The Hall–Kier alpha value is -1.13. The standard InChI is InChI=1S/C20H26FN3OS2.HI/c1-22-20(23-12-5-14-26-19-10-8-18(21)9-11-19)24-13-15-27(25)16-17-6-3-2-4-7-17;/h2-4,6-11H,5,12-16H2,1H3,(H2,22,23,24);1H. The molecule has 2 aromatic carbocycles. The molecule has 0 aliphatic rings. The maximum Gasteiger partial charge on any atom is 0.191 e. The number of thioether (sulfide) groups is 1. The van der Waals surface area contributed by atoms with E-state index in [2.05, 4.69) is 15.6 Å². The highest BCUT2D eigenvalue weighted by atomic mass is 127. The van der Waals surface area contributed by atoms with Gasteiger partial charge in [-0.3, -0.25) is 9.20 Å². The first kappa shape index (κ1) is 24.9. The van der Waals surface area contributed by atoms with Gasteiger partial charge in [0.15, 0.2) is 5.96 Å². The summed E-state index contributed by atoms with van der Waals surface area (Å²) in [7, 11) is 0.829. The third kappa shape index (κ3) is 10.4. The van der Waals surface area contributed by atoms with Crippen LogP contribution >= 0.6 is 35.7 Å². The molecule has 0 saturated carbocycles. The van der Waals surface area contributed by atoms with Gasteiger partial charge in [0.25, 0.3) is 0 Å². The molecule has 2 rings (SSSR count). The van der Waals surface area contributed by atoms with E-state index in [0.29, 0.717) is 18.1 Å². The minimum Gasteiger partial charge on any atom is -0.356 e. The maximum absolute atomic E-state index is 12.9. The second kappa shape index (κ2) is 14.8. The molecule has 2 aromatic rings. The van der Waals surface area contributed by atoms with Gasteiger partial charge in [-0.1, -0.05) is 30.3 Å². The van der Waals surface area contributed by atoms with Crippen molar-refractivity contribution in [1.29, 1.82) is 0 Å². The summed E-state index contributed by atoms with van der Waals surface area (Å²) in [5.74, 6) is 2.61. The normalized spacial score (nSPS) is 12.1. The first-order chi connectivity index (χ1) is 13.2. The molecule has 4 nitrogen and oxygen atoms in total. The van der Waals surface area contributed by atoms with Crippen molar-refractivity contribution in [1.82, 2.24) is 10.6 Å². The largest absolute Gasteiger partial charge is 0.356 e. The molecular formula is C20H27FIN3OS2. The quantitative estimate of drug-likeness (QED) is 0.159. The van der Waals surface area contributed by atoms with Crippen molar-refractivity contribution in [3.05, 3.63) is 66.0 Å². The van der Waals surface area contributed by atoms with E-state index in [1.54, 1.807) is 30.9 Å². The Morgan fingerprint density at radius 1 is 1.07 bits per heavy atom. The first-order valence-corrected chi connectivity index (χ1v) is 11.4. The topological polar surface area (TPSA) is 53.5 Å². The number of hydrogen-bond acceptors (Lipinski definition) is 3. The number of halogens is 2. The average molecular weight is 535 g/mol. The van der Waals surface area contributed by atoms with Crippen molar-refractivity contribution >= 4 is 52.5 Å². The van der Waals surface area contributed by atoms with E-state index in [1.807, 2.05) is 30.3 Å². The summed E-state index contributed by atoms with van der Waals surface area (Å²) < 4.78 is 25.0. The Labute approximate surface area is 190 Å². The minimum absolute atomic E-state index is 0. The monoisotopic (exact) mass is 535 g/mol. The Morgan fingerprint density at radius 3 is 2.43 bits per heavy atom. The number of guanidine groups is 1. The van der Waals surface area contributed by atoms with E-state index in [4.69, 9.17) is 0 Å². The number of hydrogen-bond donors (Lipinski definition) is 2. The molecule has 2 N–H and O–H groups in total. The van der Waals surface area contributed by atoms with Crippen molar-refractivity contribution in [2.75, 3.05) is 31.6 Å².